The van der Waals surface area contributed by atoms with Crippen LogP contribution >= 0.6 is 23.5 Å². The maximum atomic E-state index is 15.1. The molecule has 12 amide bonds. The van der Waals surface area contributed by atoms with Crippen molar-refractivity contribution >= 4 is 100 Å². The van der Waals surface area contributed by atoms with Crippen molar-refractivity contribution in [2.24, 2.45) is 28.9 Å². The number of benzene rings is 2. The monoisotopic (exact) mass is 1670 g/mol. The van der Waals surface area contributed by atoms with Gasteiger partial charge in [-0.1, -0.05) is 83.9 Å². The molecule has 3 saturated heterocycles. The molecule has 116 heavy (non-hydrogen) atoms. The predicted octanol–water partition coefficient (Wildman–Crippen LogP) is -0.306. The molecule has 0 spiro atoms. The summed E-state index contributed by atoms with van der Waals surface area (Å²) in [5, 5.41) is 85.2. The molecule has 5 aliphatic rings. The minimum atomic E-state index is -4.79. The number of aliphatic hydroxyl groups is 3. The summed E-state index contributed by atoms with van der Waals surface area (Å²) < 4.78 is 41.6. The minimum Gasteiger partial charge on any atom is -0.481 e. The van der Waals surface area contributed by atoms with Gasteiger partial charge in [0.05, 0.1) is 30.0 Å². The Morgan fingerprint density at radius 2 is 1.08 bits per heavy atom. The van der Waals surface area contributed by atoms with Gasteiger partial charge in [-0.2, -0.15) is 36.7 Å². The van der Waals surface area contributed by atoms with Crippen LogP contribution in [0.3, 0.4) is 0 Å². The van der Waals surface area contributed by atoms with Crippen LogP contribution in [0, 0.1) is 23.2 Å². The molecule has 1 aliphatic carbocycles. The van der Waals surface area contributed by atoms with Crippen molar-refractivity contribution < 1.29 is 95.9 Å². The van der Waals surface area contributed by atoms with Gasteiger partial charge in [-0.25, -0.2) is 0 Å². The molecule has 4 heterocycles. The number of hydrogen-bond acceptors (Lipinski definition) is 22. The maximum absolute atomic E-state index is 15.1. The number of aliphatic carboxylic acids is 1. The van der Waals surface area contributed by atoms with Gasteiger partial charge in [0.2, 0.25) is 70.9 Å². The number of rotatable bonds is 18. The number of carboxylic acid groups (broad SMARTS) is 1. The summed E-state index contributed by atoms with van der Waals surface area (Å²) in [5.74, 6) is -12.3. The molecule has 646 valence electrons. The molecule has 1 saturated carbocycles. The van der Waals surface area contributed by atoms with E-state index in [2.05, 4.69) is 79.8 Å². The summed E-state index contributed by atoms with van der Waals surface area (Å²) in [4.78, 5) is 187. The number of amides is 12. The van der Waals surface area contributed by atoms with Gasteiger partial charge < -0.3 is 106 Å². The van der Waals surface area contributed by atoms with E-state index in [0.29, 0.717) is 75.7 Å². The van der Waals surface area contributed by atoms with Crippen LogP contribution < -0.4 is 85.5 Å². The highest BCUT2D eigenvalue weighted by Gasteiger charge is 2.44. The lowest BCUT2D eigenvalue weighted by molar-refractivity contribution is -0.139. The van der Waals surface area contributed by atoms with Crippen molar-refractivity contribution in [2.75, 3.05) is 37.8 Å². The molecule has 4 unspecified atom stereocenters. The van der Waals surface area contributed by atoms with Gasteiger partial charge in [0.25, 0.3) is 0 Å². The number of aliphatic hydroxyl groups excluding tert-OH is 3. The number of carboxylic acids is 1. The normalized spacial score (nSPS) is 30.0. The number of thioether (sulfide) groups is 2. The third-order valence-electron chi connectivity index (χ3n) is 21.5. The van der Waals surface area contributed by atoms with E-state index in [1.54, 1.807) is 34.6 Å². The first-order valence-corrected chi connectivity index (χ1v) is 42.4. The Bertz CT molecular complexity index is 3680. The zero-order valence-electron chi connectivity index (χ0n) is 66.9. The number of piperidine rings is 1. The smallest absolute Gasteiger partial charge is 0.416 e. The van der Waals surface area contributed by atoms with E-state index >= 15 is 14.4 Å². The van der Waals surface area contributed by atoms with Crippen molar-refractivity contribution in [2.45, 2.75) is 272 Å². The fourth-order valence-electron chi connectivity index (χ4n) is 15.0. The minimum absolute atomic E-state index is 0.0172. The first kappa shape index (κ1) is 94.9. The van der Waals surface area contributed by atoms with Gasteiger partial charge >= 0.3 is 12.1 Å². The lowest BCUT2D eigenvalue weighted by Crippen LogP contribution is -2.63. The van der Waals surface area contributed by atoms with Gasteiger partial charge in [-0.05, 0) is 156 Å². The van der Waals surface area contributed by atoms with Crippen molar-refractivity contribution in [3.8, 4) is 0 Å². The second-order valence-corrected chi connectivity index (χ2v) is 34.2. The highest BCUT2D eigenvalue weighted by Crippen LogP contribution is 2.34. The highest BCUT2D eigenvalue weighted by atomic mass is 32.2. The zero-order valence-corrected chi connectivity index (χ0v) is 68.5. The number of primary amides is 1. The van der Waals surface area contributed by atoms with Gasteiger partial charge in [-0.15, -0.1) is 0 Å². The highest BCUT2D eigenvalue weighted by molar-refractivity contribution is 7.98. The molecule has 2 aromatic rings. The molecular weight excluding hydrogens is 1550 g/mol. The SMILES string of the molecule is CCC[C@@H]1NC(=O)[C@H](CC2CNC3NCCCC23)NC(=O)[C@H]([C@@H](C)O)NC(=O)[C@H](CC2CNCN2)NC(=O)[C@H](CC2CCC(O)CC2)NC(=O)[C@H](C(C)(C)C)NC(=O)CCSCc2cccc(c2)CSC[C@@H](C(N)=O)NC(=O)[C@H]([C@@H](C)O)NC(=O)[C@H](CCC)NC(=O)[C@H](Cc2ccc(C(F)(F)F)cc2)NC(=O)[C@H](CCC(=O)O)NC1=O. The number of nitrogens with one attached hydrogen (secondary N) is 15. The lowest BCUT2D eigenvalue weighted by atomic mass is 9.82. The van der Waals surface area contributed by atoms with Crippen molar-refractivity contribution in [1.82, 2.24) is 79.8 Å². The number of fused-ring (bicyclic) bond motifs is 3. The lowest BCUT2D eigenvalue weighted by Gasteiger charge is -2.34. The zero-order chi connectivity index (χ0) is 85.1. The van der Waals surface area contributed by atoms with E-state index in [1.165, 1.54) is 37.4 Å². The molecule has 7 rings (SSSR count). The van der Waals surface area contributed by atoms with Crippen molar-refractivity contribution in [3.05, 3.63) is 70.8 Å². The van der Waals surface area contributed by atoms with Crippen LogP contribution in [0.1, 0.15) is 173 Å². The van der Waals surface area contributed by atoms with Crippen LogP contribution in [-0.4, -0.2) is 232 Å². The summed E-state index contributed by atoms with van der Waals surface area (Å²) in [5.41, 5.74) is 5.53. The third kappa shape index (κ3) is 30.0. The van der Waals surface area contributed by atoms with Crippen molar-refractivity contribution in [3.63, 3.8) is 0 Å². The fraction of sp³-hybridized carbons (Fsp3) is 0.679. The molecule has 4 aliphatic heterocycles. The summed E-state index contributed by atoms with van der Waals surface area (Å²) >= 11 is 2.66. The second-order valence-electron chi connectivity index (χ2n) is 32.1. The summed E-state index contributed by atoms with van der Waals surface area (Å²) in [7, 11) is 0. The average Bonchev–Trinajstić information content (AvgIpc) is 1.62. The number of nitrogens with two attached hydrogens (primary N) is 1. The van der Waals surface area contributed by atoms with E-state index in [-0.39, 0.29) is 86.6 Å². The molecule has 33 nitrogen and oxygen atoms in total. The molecule has 0 aromatic heterocycles. The Kier molecular flexibility index (Phi) is 37.3. The summed E-state index contributed by atoms with van der Waals surface area (Å²) in [6.07, 6.45) is -7.57. The summed E-state index contributed by atoms with van der Waals surface area (Å²) in [6, 6.07) is -6.70. The van der Waals surface area contributed by atoms with Gasteiger partial charge in [-0.3, -0.25) is 62.3 Å². The van der Waals surface area contributed by atoms with Crippen LogP contribution in [0.5, 0.6) is 0 Å². The second kappa shape index (κ2) is 45.6. The van der Waals surface area contributed by atoms with Crippen molar-refractivity contribution in [1.29, 1.82) is 0 Å². The molecule has 17 atom stereocenters. The first-order valence-electron chi connectivity index (χ1n) is 40.1. The molecule has 2 aromatic carbocycles. The number of hydrogen-bond donors (Lipinski definition) is 20. The quantitative estimate of drug-likeness (QED) is 0.0910. The summed E-state index contributed by atoms with van der Waals surface area (Å²) in [6.45, 7) is 12.7. The van der Waals surface area contributed by atoms with Gasteiger partial charge in [0.1, 0.15) is 66.5 Å². The Labute approximate surface area is 682 Å². The average molecular weight is 1670 g/mol. The van der Waals surface area contributed by atoms with Crippen LogP contribution in [0.25, 0.3) is 0 Å². The number of carbonyl (C=O) groups excluding carboxylic acids is 12. The Morgan fingerprint density at radius 1 is 0.569 bits per heavy atom. The van der Waals surface area contributed by atoms with E-state index in [4.69, 9.17) is 5.73 Å². The van der Waals surface area contributed by atoms with Crippen LogP contribution in [0.15, 0.2) is 48.5 Å². The number of alkyl halides is 3. The fourth-order valence-corrected chi connectivity index (χ4v) is 16.9. The Balaban J connectivity index is 1.24. The van der Waals surface area contributed by atoms with Crippen LogP contribution in [0.4, 0.5) is 13.2 Å². The molecule has 21 N–H and O–H groups in total. The molecule has 2 bridgehead atoms. The van der Waals surface area contributed by atoms with E-state index in [1.807, 2.05) is 24.3 Å². The van der Waals surface area contributed by atoms with Crippen LogP contribution in [-0.2, 0) is 86.4 Å². The molecular formula is C78H119F3N16O17S2. The number of carbonyl (C=O) groups is 13. The van der Waals surface area contributed by atoms with Gasteiger partial charge in [0.15, 0.2) is 0 Å². The molecule has 0 radical (unpaired) electrons. The first-order chi connectivity index (χ1) is 54.9. The standard InChI is InChI=1S/C78H119F3N16O17S2/c1-8-12-52-67(105)89-54(25-26-61(102)103)68(106)90-55(31-43-17-21-48(22-18-43)78(79,80)81)70(108)88-53(13-9-2)69(107)96-63(42(4)99)75(113)94-59(65(82)104)39-116-38-46-15-10-14-45(30-46)37-115-29-27-60(101)95-64(77(5,6)7)76(114)93-56(32-44-19-23-50(100)24-20-44)71(109)91-58(34-49-36-83-40-86-49)73(111)97-62(41(3)98)74(112)92-57(72(110)87-52)33-47-35-85-66-51(47)16-11-28-84-66/h10,14-15,17-18,21-22,30,41-42,44,47,49-59,62-64,66,83-86,98-100H,8-9,11-13,16,19-20,23-29,31-40H2,1-7H3,(H2,82,104)(H,87,110)(H,88,108)(H,89,105)(H,90,106)(H,91,109)(H,92,112)(H,93,114)(H,94,113)(H,95,101)(H,96,107)(H,97,111)(H,102,103)/t41-,42-,44?,47?,49?,50?,51?,52+,53+,54+,55+,56+,57+,58+,59+,62+,63+,64-,66?/m1/s1. The maximum Gasteiger partial charge on any atom is 0.416 e. The van der Waals surface area contributed by atoms with E-state index in [0.717, 1.165) is 41.8 Å². The molecule has 4 fully saturated rings. The predicted molar refractivity (Wildman–Crippen MR) is 426 cm³/mol. The number of halogens is 3. The van der Waals surface area contributed by atoms with E-state index in [9.17, 15) is 81.5 Å². The Morgan fingerprint density at radius 3 is 1.63 bits per heavy atom. The van der Waals surface area contributed by atoms with E-state index < -0.39 is 204 Å². The third-order valence-corrected chi connectivity index (χ3v) is 23.7. The van der Waals surface area contributed by atoms with Gasteiger partial charge in [0, 0.05) is 61.5 Å². The topological polar surface area (TPSA) is 509 Å². The van der Waals surface area contributed by atoms with Crippen LogP contribution in [0.2, 0.25) is 0 Å². The largest absolute Gasteiger partial charge is 0.481 e. The molecule has 38 heteroatoms. The Hall–Kier alpha value is -8.24.